The van der Waals surface area contributed by atoms with Crippen LogP contribution in [0.2, 0.25) is 0 Å². The van der Waals surface area contributed by atoms with Gasteiger partial charge in [0.25, 0.3) is 5.91 Å². The van der Waals surface area contributed by atoms with E-state index in [4.69, 9.17) is 14.8 Å². The van der Waals surface area contributed by atoms with Crippen LogP contribution in [0.5, 0.6) is 5.88 Å². The van der Waals surface area contributed by atoms with Gasteiger partial charge in [0.2, 0.25) is 5.88 Å². The number of ether oxygens (including phenoxy) is 1. The highest BCUT2D eigenvalue weighted by atomic mass is 19.1. The standard InChI is InChI=1S/C39H36FN7O2/c1-4-8-33(48)46-18-15-28(20-27(46)14-16-41)47-38-31-19-24(2)34(30-13-6-10-25-9-5-11-26(21-42)35(25)30)36(40)37(31)44-39(32(38)22-43-47)49-23-29-12-7-17-45(29)3/h5-6,9-11,13,19,22,27-29H,7,12,14-15,17-18,20,23H2,1-3H3/t27-,28+,29?/m1/s1. The van der Waals surface area contributed by atoms with Gasteiger partial charge in [0.1, 0.15) is 12.1 Å². The second-order valence-corrected chi connectivity index (χ2v) is 13.0. The number of benzene rings is 3. The Bertz CT molecular complexity index is 2270. The van der Waals surface area contributed by atoms with Crippen molar-refractivity contribution in [1.82, 2.24) is 24.6 Å². The third kappa shape index (κ3) is 5.61. The lowest BCUT2D eigenvalue weighted by atomic mass is 9.91. The SMILES string of the molecule is CC#CC(=O)N1CC[C@H](n2ncc3c(OCC4CCCN4C)nc4c(F)c(-c5cccc6cccc(C#N)c56)c(C)cc4c32)C[C@H]1CC#N. The Morgan fingerprint density at radius 1 is 1.10 bits per heavy atom. The number of piperidine rings is 1. The molecule has 4 heterocycles. The molecule has 2 aromatic heterocycles. The molecule has 10 heteroatoms. The molecule has 2 aliphatic heterocycles. The molecule has 49 heavy (non-hydrogen) atoms. The predicted octanol–water partition coefficient (Wildman–Crippen LogP) is 6.67. The molecular formula is C39H36FN7O2. The molecule has 246 valence electrons. The Labute approximate surface area is 284 Å². The molecule has 7 rings (SSSR count). The number of amides is 1. The van der Waals surface area contributed by atoms with Crippen LogP contribution in [-0.4, -0.2) is 69.3 Å². The van der Waals surface area contributed by atoms with Crippen LogP contribution in [-0.2, 0) is 4.79 Å². The second kappa shape index (κ2) is 13.2. The fourth-order valence-electron chi connectivity index (χ4n) is 7.73. The molecule has 3 atom stereocenters. The maximum atomic E-state index is 17.2. The van der Waals surface area contributed by atoms with Crippen molar-refractivity contribution in [2.45, 2.75) is 64.1 Å². The number of hydrogen-bond donors (Lipinski definition) is 0. The Kier molecular flexibility index (Phi) is 8.63. The number of hydrogen-bond acceptors (Lipinski definition) is 7. The van der Waals surface area contributed by atoms with Gasteiger partial charge in [-0.05, 0) is 87.7 Å². The van der Waals surface area contributed by atoms with E-state index in [9.17, 15) is 15.3 Å². The third-order valence-corrected chi connectivity index (χ3v) is 10.2. The summed E-state index contributed by atoms with van der Waals surface area (Å²) in [5.74, 6) is 4.84. The van der Waals surface area contributed by atoms with E-state index in [0.717, 1.165) is 24.8 Å². The molecule has 9 nitrogen and oxygen atoms in total. The van der Waals surface area contributed by atoms with Gasteiger partial charge in [-0.1, -0.05) is 36.3 Å². The van der Waals surface area contributed by atoms with Crippen LogP contribution in [0, 0.1) is 47.2 Å². The van der Waals surface area contributed by atoms with E-state index in [1.54, 1.807) is 24.1 Å². The topological polar surface area (TPSA) is 111 Å². The minimum absolute atomic E-state index is 0.159. The summed E-state index contributed by atoms with van der Waals surface area (Å²) >= 11 is 0. The number of aromatic nitrogens is 3. The van der Waals surface area contributed by atoms with E-state index in [0.29, 0.717) is 75.8 Å². The maximum absolute atomic E-state index is 17.2. The van der Waals surface area contributed by atoms with Crippen LogP contribution >= 0.6 is 0 Å². The molecule has 0 N–H and O–H groups in total. The quantitative estimate of drug-likeness (QED) is 0.188. The van der Waals surface area contributed by atoms with E-state index in [2.05, 4.69) is 35.9 Å². The molecule has 0 radical (unpaired) electrons. The fourth-order valence-corrected chi connectivity index (χ4v) is 7.73. The van der Waals surface area contributed by atoms with Crippen LogP contribution < -0.4 is 4.74 Å². The average molecular weight is 654 g/mol. The van der Waals surface area contributed by atoms with E-state index >= 15 is 4.39 Å². The Morgan fingerprint density at radius 3 is 2.65 bits per heavy atom. The Hall–Kier alpha value is -5.50. The van der Waals surface area contributed by atoms with Gasteiger partial charge in [0.15, 0.2) is 5.82 Å². The number of likely N-dealkylation sites (N-methyl/N-ethyl adjacent to an activating group) is 1. The first-order valence-electron chi connectivity index (χ1n) is 16.7. The average Bonchev–Trinajstić information content (AvgIpc) is 3.74. The number of fused-ring (bicyclic) bond motifs is 4. The zero-order valence-electron chi connectivity index (χ0n) is 27.8. The van der Waals surface area contributed by atoms with Gasteiger partial charge in [0.05, 0.1) is 47.3 Å². The molecule has 0 aliphatic carbocycles. The van der Waals surface area contributed by atoms with Gasteiger partial charge in [0, 0.05) is 35.0 Å². The summed E-state index contributed by atoms with van der Waals surface area (Å²) in [5.41, 5.74) is 3.05. The van der Waals surface area contributed by atoms with Gasteiger partial charge >= 0.3 is 0 Å². The van der Waals surface area contributed by atoms with Crippen LogP contribution in [0.25, 0.3) is 43.7 Å². The molecule has 5 aromatic rings. The summed E-state index contributed by atoms with van der Waals surface area (Å²) in [6.07, 6.45) is 5.10. The van der Waals surface area contributed by atoms with Crippen molar-refractivity contribution in [3.05, 3.63) is 65.6 Å². The number of carbonyl (C=O) groups is 1. The fraction of sp³-hybridized carbons (Fsp3) is 0.359. The first-order chi connectivity index (χ1) is 23.8. The Morgan fingerprint density at radius 2 is 1.92 bits per heavy atom. The highest BCUT2D eigenvalue weighted by Gasteiger charge is 2.34. The number of rotatable bonds is 6. The summed E-state index contributed by atoms with van der Waals surface area (Å²) < 4.78 is 25.6. The number of pyridine rings is 1. The van der Waals surface area contributed by atoms with E-state index in [-0.39, 0.29) is 36.0 Å². The summed E-state index contributed by atoms with van der Waals surface area (Å²) in [6.45, 7) is 5.33. The summed E-state index contributed by atoms with van der Waals surface area (Å²) in [5, 5.41) is 27.3. The zero-order chi connectivity index (χ0) is 34.2. The number of likely N-dealkylation sites (tertiary alicyclic amines) is 2. The van der Waals surface area contributed by atoms with E-state index < -0.39 is 5.82 Å². The van der Waals surface area contributed by atoms with Gasteiger partial charge in [-0.25, -0.2) is 9.37 Å². The van der Waals surface area contributed by atoms with Gasteiger partial charge in [-0.15, -0.1) is 0 Å². The molecule has 0 bridgehead atoms. The summed E-state index contributed by atoms with van der Waals surface area (Å²) in [6, 6.07) is 17.4. The molecule has 0 saturated carbocycles. The van der Waals surface area contributed by atoms with Gasteiger partial charge in [-0.2, -0.15) is 15.6 Å². The number of halogens is 1. The van der Waals surface area contributed by atoms with Crippen LogP contribution in [0.3, 0.4) is 0 Å². The van der Waals surface area contributed by atoms with E-state index in [1.165, 1.54) is 0 Å². The number of carbonyl (C=O) groups excluding carboxylic acids is 1. The van der Waals surface area contributed by atoms with Crippen molar-refractivity contribution in [3.8, 4) is 41.0 Å². The third-order valence-electron chi connectivity index (χ3n) is 10.2. The van der Waals surface area contributed by atoms with Gasteiger partial charge in [-0.3, -0.25) is 9.48 Å². The maximum Gasteiger partial charge on any atom is 0.298 e. The van der Waals surface area contributed by atoms with E-state index in [1.807, 2.05) is 48.0 Å². The van der Waals surface area contributed by atoms with Crippen molar-refractivity contribution in [2.24, 2.45) is 0 Å². The van der Waals surface area contributed by atoms with Crippen LogP contribution in [0.1, 0.15) is 56.2 Å². The lowest BCUT2D eigenvalue weighted by Crippen LogP contribution is -2.46. The largest absolute Gasteiger partial charge is 0.475 e. The highest BCUT2D eigenvalue weighted by molar-refractivity contribution is 6.09. The van der Waals surface area contributed by atoms with Crippen LogP contribution in [0.4, 0.5) is 4.39 Å². The molecular weight excluding hydrogens is 617 g/mol. The lowest BCUT2D eigenvalue weighted by Gasteiger charge is -2.37. The normalized spacial score (nSPS) is 19.5. The lowest BCUT2D eigenvalue weighted by molar-refractivity contribution is -0.129. The number of nitriles is 2. The smallest absolute Gasteiger partial charge is 0.298 e. The van der Waals surface area contributed by atoms with Crippen molar-refractivity contribution in [1.29, 1.82) is 10.5 Å². The molecule has 2 saturated heterocycles. The minimum Gasteiger partial charge on any atom is -0.475 e. The van der Waals surface area contributed by atoms with Crippen molar-refractivity contribution < 1.29 is 13.9 Å². The molecule has 1 unspecified atom stereocenters. The first-order valence-corrected chi connectivity index (χ1v) is 16.7. The summed E-state index contributed by atoms with van der Waals surface area (Å²) in [7, 11) is 2.08. The number of nitrogens with zero attached hydrogens (tertiary/aromatic N) is 7. The molecule has 2 fully saturated rings. The second-order valence-electron chi connectivity index (χ2n) is 13.0. The van der Waals surface area contributed by atoms with Crippen molar-refractivity contribution in [3.63, 3.8) is 0 Å². The predicted molar refractivity (Wildman–Crippen MR) is 186 cm³/mol. The molecule has 3 aromatic carbocycles. The molecule has 2 aliphatic rings. The van der Waals surface area contributed by atoms with Crippen LogP contribution in [0.15, 0.2) is 48.7 Å². The summed E-state index contributed by atoms with van der Waals surface area (Å²) in [4.78, 5) is 21.6. The van der Waals surface area contributed by atoms with Gasteiger partial charge < -0.3 is 14.5 Å². The zero-order valence-corrected chi connectivity index (χ0v) is 27.8. The highest BCUT2D eigenvalue weighted by Crippen LogP contribution is 2.42. The Balaban J connectivity index is 1.41. The first kappa shape index (κ1) is 32.1. The molecule has 1 amide bonds. The monoisotopic (exact) mass is 653 g/mol. The number of aryl methyl sites for hydroxylation is 1. The van der Waals surface area contributed by atoms with Crippen molar-refractivity contribution >= 4 is 38.5 Å². The van der Waals surface area contributed by atoms with Crippen molar-refractivity contribution in [2.75, 3.05) is 26.7 Å². The minimum atomic E-state index is -0.492. The molecule has 0 spiro atoms.